The standard InChI is InChI=1S/C10H14FNO2S/c1-3-4-15(13,14)10-5-7(2)8(11)6-9(10)12/h5-6H,3-4,12H2,1-2H3. The Morgan fingerprint density at radius 2 is 2.00 bits per heavy atom. The van der Waals surface area contributed by atoms with Crippen molar-refractivity contribution in [3.63, 3.8) is 0 Å². The lowest BCUT2D eigenvalue weighted by molar-refractivity contribution is 0.593. The first-order valence-corrected chi connectivity index (χ1v) is 6.32. The summed E-state index contributed by atoms with van der Waals surface area (Å²) in [6, 6.07) is 2.34. The fourth-order valence-electron chi connectivity index (χ4n) is 1.32. The lowest BCUT2D eigenvalue weighted by Crippen LogP contribution is -2.09. The molecule has 0 aromatic heterocycles. The third kappa shape index (κ3) is 2.47. The van der Waals surface area contributed by atoms with Crippen LogP contribution in [0.3, 0.4) is 0 Å². The van der Waals surface area contributed by atoms with Crippen LogP contribution in [-0.2, 0) is 9.84 Å². The third-order valence-electron chi connectivity index (χ3n) is 2.10. The van der Waals surface area contributed by atoms with Crippen LogP contribution in [0.5, 0.6) is 0 Å². The highest BCUT2D eigenvalue weighted by molar-refractivity contribution is 7.91. The van der Waals surface area contributed by atoms with Gasteiger partial charge in [-0.2, -0.15) is 0 Å². The van der Waals surface area contributed by atoms with Crippen LogP contribution in [0.4, 0.5) is 10.1 Å². The Kier molecular flexibility index (Phi) is 3.34. The SMILES string of the molecule is CCCS(=O)(=O)c1cc(C)c(F)cc1N. The van der Waals surface area contributed by atoms with Gasteiger partial charge in [-0.15, -0.1) is 0 Å². The number of nitrogens with two attached hydrogens (primary N) is 1. The van der Waals surface area contributed by atoms with Gasteiger partial charge in [0.2, 0.25) is 0 Å². The number of hydrogen-bond donors (Lipinski definition) is 1. The van der Waals surface area contributed by atoms with Gasteiger partial charge >= 0.3 is 0 Å². The highest BCUT2D eigenvalue weighted by Gasteiger charge is 2.18. The number of benzene rings is 1. The summed E-state index contributed by atoms with van der Waals surface area (Å²) < 4.78 is 36.5. The summed E-state index contributed by atoms with van der Waals surface area (Å²) in [6.45, 7) is 3.28. The molecule has 0 aliphatic rings. The molecule has 1 rings (SSSR count). The van der Waals surface area contributed by atoms with Gasteiger partial charge in [0.15, 0.2) is 9.84 Å². The minimum absolute atomic E-state index is 0.0217. The summed E-state index contributed by atoms with van der Waals surface area (Å²) in [5, 5.41) is 0. The van der Waals surface area contributed by atoms with E-state index in [-0.39, 0.29) is 16.3 Å². The van der Waals surface area contributed by atoms with Crippen molar-refractivity contribution in [3.8, 4) is 0 Å². The number of hydrogen-bond acceptors (Lipinski definition) is 3. The van der Waals surface area contributed by atoms with E-state index in [9.17, 15) is 12.8 Å². The largest absolute Gasteiger partial charge is 0.398 e. The Morgan fingerprint density at radius 1 is 1.40 bits per heavy atom. The maximum atomic E-state index is 13.1. The Balaban J connectivity index is 3.33. The van der Waals surface area contributed by atoms with Crippen LogP contribution in [0.2, 0.25) is 0 Å². The number of halogens is 1. The van der Waals surface area contributed by atoms with Gasteiger partial charge in [0.1, 0.15) is 5.82 Å². The molecule has 0 bridgehead atoms. The maximum absolute atomic E-state index is 13.1. The molecular formula is C10H14FNO2S. The smallest absolute Gasteiger partial charge is 0.180 e. The third-order valence-corrected chi connectivity index (χ3v) is 4.07. The summed E-state index contributed by atoms with van der Waals surface area (Å²) >= 11 is 0. The summed E-state index contributed by atoms with van der Waals surface area (Å²) in [6.07, 6.45) is 0.512. The van der Waals surface area contributed by atoms with Crippen LogP contribution in [0.25, 0.3) is 0 Å². The second-order valence-corrected chi connectivity index (χ2v) is 5.54. The fourth-order valence-corrected chi connectivity index (χ4v) is 2.85. The van der Waals surface area contributed by atoms with Crippen molar-refractivity contribution in [3.05, 3.63) is 23.5 Å². The Hall–Kier alpha value is -1.10. The summed E-state index contributed by atoms with van der Waals surface area (Å²) in [7, 11) is -3.37. The monoisotopic (exact) mass is 231 g/mol. The lowest BCUT2D eigenvalue weighted by Gasteiger charge is -2.08. The van der Waals surface area contributed by atoms with Crippen LogP contribution in [0.1, 0.15) is 18.9 Å². The van der Waals surface area contributed by atoms with Gasteiger partial charge in [-0.1, -0.05) is 6.92 Å². The zero-order valence-electron chi connectivity index (χ0n) is 8.75. The molecule has 0 aliphatic heterocycles. The van der Waals surface area contributed by atoms with E-state index >= 15 is 0 Å². The normalized spacial score (nSPS) is 11.7. The molecule has 1 aromatic rings. The van der Waals surface area contributed by atoms with Crippen molar-refractivity contribution in [1.82, 2.24) is 0 Å². The minimum atomic E-state index is -3.37. The van der Waals surface area contributed by atoms with E-state index < -0.39 is 15.7 Å². The molecule has 0 amide bonds. The van der Waals surface area contributed by atoms with E-state index in [1.165, 1.54) is 13.0 Å². The molecule has 0 aliphatic carbocycles. The van der Waals surface area contributed by atoms with Gasteiger partial charge in [-0.25, -0.2) is 12.8 Å². The fraction of sp³-hybridized carbons (Fsp3) is 0.400. The van der Waals surface area contributed by atoms with Crippen molar-refractivity contribution in [2.75, 3.05) is 11.5 Å². The lowest BCUT2D eigenvalue weighted by atomic mass is 10.2. The van der Waals surface area contributed by atoms with Gasteiger partial charge in [0.25, 0.3) is 0 Å². The van der Waals surface area contributed by atoms with Crippen LogP contribution < -0.4 is 5.73 Å². The predicted octanol–water partition coefficient (Wildman–Crippen LogP) is 1.90. The molecule has 15 heavy (non-hydrogen) atoms. The molecule has 2 N–H and O–H groups in total. The van der Waals surface area contributed by atoms with Gasteiger partial charge in [-0.05, 0) is 31.0 Å². The highest BCUT2D eigenvalue weighted by atomic mass is 32.2. The topological polar surface area (TPSA) is 60.2 Å². The molecule has 3 nitrogen and oxygen atoms in total. The Morgan fingerprint density at radius 3 is 2.53 bits per heavy atom. The zero-order chi connectivity index (χ0) is 11.6. The molecule has 0 radical (unpaired) electrons. The molecule has 0 heterocycles. The quantitative estimate of drug-likeness (QED) is 0.638. The Labute approximate surface area is 89.0 Å². The Bertz CT molecular complexity index is 469. The molecule has 0 saturated carbocycles. The van der Waals surface area contributed by atoms with E-state index in [2.05, 4.69) is 0 Å². The molecule has 1 aromatic carbocycles. The van der Waals surface area contributed by atoms with E-state index in [1.54, 1.807) is 6.92 Å². The average molecular weight is 231 g/mol. The number of anilines is 1. The second-order valence-electron chi connectivity index (χ2n) is 3.46. The van der Waals surface area contributed by atoms with Crippen molar-refractivity contribution >= 4 is 15.5 Å². The van der Waals surface area contributed by atoms with E-state index in [1.807, 2.05) is 0 Å². The second kappa shape index (κ2) is 4.18. The molecule has 0 unspecified atom stereocenters. The molecule has 0 fully saturated rings. The van der Waals surface area contributed by atoms with Gasteiger partial charge in [0, 0.05) is 0 Å². The molecule has 0 atom stereocenters. The van der Waals surface area contributed by atoms with E-state index in [0.717, 1.165) is 6.07 Å². The molecule has 0 spiro atoms. The van der Waals surface area contributed by atoms with Crippen LogP contribution >= 0.6 is 0 Å². The maximum Gasteiger partial charge on any atom is 0.180 e. The molecule has 0 saturated heterocycles. The average Bonchev–Trinajstić information content (AvgIpc) is 2.11. The van der Waals surface area contributed by atoms with Gasteiger partial charge < -0.3 is 5.73 Å². The number of sulfone groups is 1. The van der Waals surface area contributed by atoms with E-state index in [0.29, 0.717) is 12.0 Å². The number of rotatable bonds is 3. The van der Waals surface area contributed by atoms with Crippen molar-refractivity contribution in [1.29, 1.82) is 0 Å². The summed E-state index contributed by atoms with van der Waals surface area (Å²) in [5.74, 6) is -0.453. The first-order valence-electron chi connectivity index (χ1n) is 4.67. The highest BCUT2D eigenvalue weighted by Crippen LogP contribution is 2.23. The van der Waals surface area contributed by atoms with Gasteiger partial charge in [-0.3, -0.25) is 0 Å². The van der Waals surface area contributed by atoms with Crippen molar-refractivity contribution in [2.24, 2.45) is 0 Å². The first-order chi connectivity index (χ1) is 6.88. The van der Waals surface area contributed by atoms with E-state index in [4.69, 9.17) is 5.73 Å². The van der Waals surface area contributed by atoms with Crippen LogP contribution in [-0.4, -0.2) is 14.2 Å². The zero-order valence-corrected chi connectivity index (χ0v) is 9.57. The predicted molar refractivity (Wildman–Crippen MR) is 57.9 cm³/mol. The van der Waals surface area contributed by atoms with Gasteiger partial charge in [0.05, 0.1) is 16.3 Å². The van der Waals surface area contributed by atoms with Crippen LogP contribution in [0, 0.1) is 12.7 Å². The van der Waals surface area contributed by atoms with Crippen LogP contribution in [0.15, 0.2) is 17.0 Å². The molecule has 5 heteroatoms. The summed E-state index contributed by atoms with van der Waals surface area (Å²) in [5.41, 5.74) is 5.76. The first kappa shape index (κ1) is 12.0. The molecule has 84 valence electrons. The van der Waals surface area contributed by atoms with Crippen molar-refractivity contribution in [2.45, 2.75) is 25.2 Å². The molecular weight excluding hydrogens is 217 g/mol. The number of aryl methyl sites for hydroxylation is 1. The minimum Gasteiger partial charge on any atom is -0.398 e. The summed E-state index contributed by atoms with van der Waals surface area (Å²) in [4.78, 5) is 0.0308. The van der Waals surface area contributed by atoms with Crippen molar-refractivity contribution < 1.29 is 12.8 Å². The number of nitrogen functional groups attached to an aromatic ring is 1.